The maximum atomic E-state index is 11.7. The predicted octanol–water partition coefficient (Wildman–Crippen LogP) is 9.13. The molecule has 0 bridgehead atoms. The summed E-state index contributed by atoms with van der Waals surface area (Å²) in [6, 6.07) is 0.289. The first kappa shape index (κ1) is 40.6. The van der Waals surface area contributed by atoms with E-state index in [4.69, 9.17) is 0 Å². The lowest BCUT2D eigenvalue weighted by Gasteiger charge is -2.16. The number of carbonyl (C=O) groups excluding carboxylic acids is 2. The first-order chi connectivity index (χ1) is 18.7. The van der Waals surface area contributed by atoms with Crippen molar-refractivity contribution in [3.8, 4) is 0 Å². The van der Waals surface area contributed by atoms with Crippen molar-refractivity contribution in [3.05, 3.63) is 76.6 Å². The molecule has 0 fully saturated rings. The zero-order valence-corrected chi connectivity index (χ0v) is 26.6. The second-order valence-electron chi connectivity index (χ2n) is 8.49. The molecule has 1 rings (SSSR count). The fourth-order valence-electron chi connectivity index (χ4n) is 3.45. The van der Waals surface area contributed by atoms with Crippen LogP contribution in [0.3, 0.4) is 0 Å². The van der Waals surface area contributed by atoms with Crippen LogP contribution >= 0.6 is 0 Å². The van der Waals surface area contributed by atoms with Crippen LogP contribution in [0.5, 0.6) is 0 Å². The van der Waals surface area contributed by atoms with E-state index in [9.17, 15) is 14.7 Å². The zero-order chi connectivity index (χ0) is 30.6. The average molecular weight is 544 g/mol. The number of ketones is 1. The molecule has 5 nitrogen and oxygen atoms in total. The van der Waals surface area contributed by atoms with E-state index in [0.29, 0.717) is 11.1 Å². The van der Waals surface area contributed by atoms with E-state index < -0.39 is 0 Å². The minimum Gasteiger partial charge on any atom is -0.453 e. The van der Waals surface area contributed by atoms with E-state index >= 15 is 0 Å². The van der Waals surface area contributed by atoms with Crippen LogP contribution in [0.4, 0.5) is 4.79 Å². The molecule has 1 unspecified atom stereocenters. The molecule has 2 N–H and O–H groups in total. The van der Waals surface area contributed by atoms with Crippen molar-refractivity contribution in [3.63, 3.8) is 0 Å². The van der Waals surface area contributed by atoms with E-state index in [1.165, 1.54) is 20.5 Å². The third kappa shape index (κ3) is 19.8. The number of alkyl carbamates (subject to hydrolysis) is 1. The second kappa shape index (κ2) is 28.1. The van der Waals surface area contributed by atoms with E-state index in [0.717, 1.165) is 55.2 Å². The Hall–Kier alpha value is -2.88. The van der Waals surface area contributed by atoms with E-state index in [2.05, 4.69) is 36.2 Å². The number of allylic oxidation sites excluding steroid dienone is 8. The largest absolute Gasteiger partial charge is 0.453 e. The van der Waals surface area contributed by atoms with Crippen molar-refractivity contribution in [1.82, 2.24) is 5.32 Å². The van der Waals surface area contributed by atoms with Crippen molar-refractivity contribution >= 4 is 11.9 Å². The number of nitrogens with one attached hydrogen (secondary N) is 1. The van der Waals surface area contributed by atoms with Gasteiger partial charge in [-0.3, -0.25) is 4.79 Å². The fourth-order valence-corrected chi connectivity index (χ4v) is 3.45. The fraction of sp³-hybridized carbons (Fsp3) is 0.559. The van der Waals surface area contributed by atoms with Gasteiger partial charge in [-0.25, -0.2) is 4.79 Å². The van der Waals surface area contributed by atoms with Gasteiger partial charge in [-0.2, -0.15) is 0 Å². The van der Waals surface area contributed by atoms with Gasteiger partial charge in [0.15, 0.2) is 5.78 Å². The lowest BCUT2D eigenvalue weighted by Crippen LogP contribution is -2.34. The van der Waals surface area contributed by atoms with Gasteiger partial charge < -0.3 is 15.2 Å². The molecule has 0 aromatic carbocycles. The van der Waals surface area contributed by atoms with Crippen molar-refractivity contribution < 1.29 is 19.4 Å². The van der Waals surface area contributed by atoms with Gasteiger partial charge in [-0.05, 0) is 62.8 Å². The number of carbonyl (C=O) groups is 2. The number of aliphatic hydroxyl groups is 1. The molecular weight excluding hydrogens is 486 g/mol. The van der Waals surface area contributed by atoms with Crippen LogP contribution in [-0.2, 0) is 9.53 Å². The summed E-state index contributed by atoms with van der Waals surface area (Å²) in [6.45, 7) is 21.8. The van der Waals surface area contributed by atoms with Gasteiger partial charge in [0.05, 0.1) is 13.7 Å². The molecule has 0 heterocycles. The molecule has 0 saturated carbocycles. The summed E-state index contributed by atoms with van der Waals surface area (Å²) in [5, 5.41) is 12.5. The number of methoxy groups -OCH3 is 1. The molecule has 0 radical (unpaired) electrons. The van der Waals surface area contributed by atoms with Gasteiger partial charge in [0, 0.05) is 17.2 Å². The highest BCUT2D eigenvalue weighted by atomic mass is 16.5. The number of unbranched alkanes of at least 4 members (excludes halogenated alkanes) is 1. The molecule has 1 atom stereocenters. The number of amides is 1. The second-order valence-corrected chi connectivity index (χ2v) is 8.49. The number of hydrogen-bond acceptors (Lipinski definition) is 4. The SMILES string of the molecule is C=C(/C=C(\C=C/CC)C(C)=O)C1=C=C/C=C\C/C(C)=C\1CO.CC.CC.CCCCC(CCC)NC(=O)OC. The van der Waals surface area contributed by atoms with Crippen LogP contribution in [0.15, 0.2) is 76.6 Å². The molecule has 222 valence electrons. The van der Waals surface area contributed by atoms with Gasteiger partial charge in [0.1, 0.15) is 0 Å². The number of ether oxygens (including phenoxy) is 1. The van der Waals surface area contributed by atoms with Gasteiger partial charge in [0.25, 0.3) is 0 Å². The van der Waals surface area contributed by atoms with E-state index in [1.807, 2.05) is 71.9 Å². The maximum Gasteiger partial charge on any atom is 0.407 e. The first-order valence-electron chi connectivity index (χ1n) is 14.6. The van der Waals surface area contributed by atoms with E-state index in [-0.39, 0.29) is 24.5 Å². The summed E-state index contributed by atoms with van der Waals surface area (Å²) in [7, 11) is 1.40. The Morgan fingerprint density at radius 1 is 1.15 bits per heavy atom. The third-order valence-corrected chi connectivity index (χ3v) is 5.50. The smallest absolute Gasteiger partial charge is 0.407 e. The Labute approximate surface area is 240 Å². The van der Waals surface area contributed by atoms with Crippen molar-refractivity contribution in [1.29, 1.82) is 0 Å². The normalized spacial score (nSPS) is 16.0. The highest BCUT2D eigenvalue weighted by Gasteiger charge is 2.12. The van der Waals surface area contributed by atoms with Crippen LogP contribution in [0.25, 0.3) is 0 Å². The van der Waals surface area contributed by atoms with Gasteiger partial charge >= 0.3 is 6.09 Å². The first-order valence-corrected chi connectivity index (χ1v) is 14.6. The Morgan fingerprint density at radius 2 is 1.79 bits per heavy atom. The standard InChI is InChI=1S/C20H24O2.C10H21NO2.2C2H6/c1-5-6-11-18(17(4)22)13-16(3)19-12-9-7-8-10-15(2)20(19)14-21;1-4-6-8-9(7-5-2)11-10(12)13-3;2*1-2/h6-9,11,13,21H,3,5,10,14H2,1-2,4H3;9H,4-8H2,1-3H3,(H,11,12);2*1-2H3/b8-7-,11-6-,18-13+,20-15-;;;. The molecule has 0 saturated heterocycles. The van der Waals surface area contributed by atoms with Crippen LogP contribution in [-0.4, -0.2) is 36.7 Å². The Morgan fingerprint density at radius 3 is 2.28 bits per heavy atom. The summed E-state index contributed by atoms with van der Waals surface area (Å²) in [4.78, 5) is 22.7. The number of rotatable bonds is 12. The van der Waals surface area contributed by atoms with Crippen LogP contribution in [0, 0.1) is 0 Å². The minimum absolute atomic E-state index is 0.00702. The zero-order valence-electron chi connectivity index (χ0n) is 26.6. The van der Waals surface area contributed by atoms with E-state index in [1.54, 1.807) is 6.08 Å². The Balaban J connectivity index is -0.000000651. The molecule has 0 aromatic rings. The van der Waals surface area contributed by atoms with Gasteiger partial charge in [-0.1, -0.05) is 104 Å². The average Bonchev–Trinajstić information content (AvgIpc) is 2.94. The van der Waals surface area contributed by atoms with Crippen LogP contribution < -0.4 is 5.32 Å². The molecule has 0 aliphatic heterocycles. The molecule has 39 heavy (non-hydrogen) atoms. The predicted molar refractivity (Wildman–Crippen MR) is 169 cm³/mol. The quantitative estimate of drug-likeness (QED) is 0.146. The number of Topliss-reactive ketones (excluding diaryl/α,β-unsaturated/α-hetero) is 1. The molecule has 1 amide bonds. The summed E-state index contributed by atoms with van der Waals surface area (Å²) >= 11 is 0. The van der Waals surface area contributed by atoms with Gasteiger partial charge in [0.2, 0.25) is 0 Å². The molecule has 5 heteroatoms. The lowest BCUT2D eigenvalue weighted by molar-refractivity contribution is -0.113. The molecule has 1 aliphatic rings. The van der Waals surface area contributed by atoms with Crippen molar-refractivity contribution in [2.75, 3.05) is 13.7 Å². The Kier molecular flexibility index (Phi) is 29.3. The Bertz CT molecular complexity index is 881. The van der Waals surface area contributed by atoms with Crippen LogP contribution in [0.1, 0.15) is 107 Å². The third-order valence-electron chi connectivity index (χ3n) is 5.50. The minimum atomic E-state index is -0.311. The monoisotopic (exact) mass is 543 g/mol. The summed E-state index contributed by atoms with van der Waals surface area (Å²) in [5.41, 5.74) is 7.11. The number of hydrogen-bond donors (Lipinski definition) is 2. The molecule has 0 aromatic heterocycles. The summed E-state index contributed by atoms with van der Waals surface area (Å²) in [6.07, 6.45) is 18.1. The molecule has 1 aliphatic carbocycles. The number of aliphatic hydroxyl groups excluding tert-OH is 1. The van der Waals surface area contributed by atoms with Crippen LogP contribution in [0.2, 0.25) is 0 Å². The highest BCUT2D eigenvalue weighted by Crippen LogP contribution is 2.25. The van der Waals surface area contributed by atoms with Gasteiger partial charge in [-0.15, -0.1) is 5.73 Å². The summed E-state index contributed by atoms with van der Waals surface area (Å²) in [5.74, 6) is -0.00702. The molecular formula is C34H57NO4. The molecule has 0 spiro atoms. The van der Waals surface area contributed by atoms with Crippen molar-refractivity contribution in [2.24, 2.45) is 0 Å². The maximum absolute atomic E-state index is 11.7. The van der Waals surface area contributed by atoms with Crippen molar-refractivity contribution in [2.45, 2.75) is 113 Å². The summed E-state index contributed by atoms with van der Waals surface area (Å²) < 4.78 is 4.56. The topological polar surface area (TPSA) is 75.6 Å². The highest BCUT2D eigenvalue weighted by molar-refractivity contribution is 5.96. The lowest BCUT2D eigenvalue weighted by atomic mass is 9.92.